The first-order valence-corrected chi connectivity index (χ1v) is 7.77. The van der Waals surface area contributed by atoms with Crippen molar-refractivity contribution >= 4 is 34.5 Å². The van der Waals surface area contributed by atoms with Crippen LogP contribution in [0.5, 0.6) is 5.75 Å². The Morgan fingerprint density at radius 2 is 2.00 bits per heavy atom. The summed E-state index contributed by atoms with van der Waals surface area (Å²) >= 11 is 0. The van der Waals surface area contributed by atoms with Crippen LogP contribution in [0.3, 0.4) is 0 Å². The van der Waals surface area contributed by atoms with Crippen molar-refractivity contribution in [2.45, 2.75) is 6.92 Å². The number of nitrogens with zero attached hydrogens (tertiary/aromatic N) is 3. The van der Waals surface area contributed by atoms with Crippen molar-refractivity contribution in [3.8, 4) is 5.75 Å². The predicted molar refractivity (Wildman–Crippen MR) is 96.3 cm³/mol. The summed E-state index contributed by atoms with van der Waals surface area (Å²) in [5, 5.41) is 8.46. The van der Waals surface area contributed by atoms with Gasteiger partial charge in [0.2, 0.25) is 0 Å². The number of pyridine rings is 1. The number of carbonyl (C=O) groups excluding carboxylic acids is 1. The van der Waals surface area contributed by atoms with Crippen LogP contribution in [-0.2, 0) is 0 Å². The maximum Gasteiger partial charge on any atom is 0.320 e. The molecule has 8 nitrogen and oxygen atoms in total. The summed E-state index contributed by atoms with van der Waals surface area (Å²) in [5.74, 6) is 1.69. The van der Waals surface area contributed by atoms with Crippen LogP contribution in [0.1, 0.15) is 6.92 Å². The molecule has 0 saturated heterocycles. The van der Waals surface area contributed by atoms with Crippen LogP contribution in [-0.4, -0.2) is 34.6 Å². The van der Waals surface area contributed by atoms with E-state index in [1.165, 1.54) is 0 Å². The number of rotatable bonds is 5. The molecule has 0 unspecified atom stereocenters. The lowest BCUT2D eigenvalue weighted by Crippen LogP contribution is -2.28. The van der Waals surface area contributed by atoms with Gasteiger partial charge in [-0.2, -0.15) is 0 Å². The molecule has 0 saturated carbocycles. The van der Waals surface area contributed by atoms with Gasteiger partial charge in [0.1, 0.15) is 17.1 Å². The number of fused-ring (bicyclic) bond motifs is 1. The van der Waals surface area contributed by atoms with Crippen LogP contribution < -0.4 is 20.7 Å². The Morgan fingerprint density at radius 1 is 1.16 bits per heavy atom. The van der Waals surface area contributed by atoms with Gasteiger partial charge >= 0.3 is 6.03 Å². The summed E-state index contributed by atoms with van der Waals surface area (Å²) in [4.78, 5) is 24.7. The van der Waals surface area contributed by atoms with Gasteiger partial charge in [0.05, 0.1) is 13.3 Å². The number of ether oxygens (including phenoxy) is 1. The van der Waals surface area contributed by atoms with Gasteiger partial charge in [-0.05, 0) is 31.2 Å². The first-order chi connectivity index (χ1) is 12.2. The molecular formula is C17H18N6O2. The van der Waals surface area contributed by atoms with Crippen molar-refractivity contribution in [1.82, 2.24) is 20.3 Å². The Balaban J connectivity index is 1.83. The third-order valence-electron chi connectivity index (χ3n) is 3.33. The van der Waals surface area contributed by atoms with Crippen LogP contribution in [0.2, 0.25) is 0 Å². The summed E-state index contributed by atoms with van der Waals surface area (Å²) in [6.07, 6.45) is 1.63. The number of amides is 2. The highest BCUT2D eigenvalue weighted by Gasteiger charge is 2.06. The molecular weight excluding hydrogens is 320 g/mol. The van der Waals surface area contributed by atoms with Gasteiger partial charge < -0.3 is 15.4 Å². The fourth-order valence-corrected chi connectivity index (χ4v) is 2.20. The fourth-order valence-electron chi connectivity index (χ4n) is 2.20. The van der Waals surface area contributed by atoms with Gasteiger partial charge in [-0.1, -0.05) is 6.07 Å². The van der Waals surface area contributed by atoms with E-state index in [-0.39, 0.29) is 6.03 Å². The SMILES string of the molecule is CCNC(=O)Nc1ccc2ncc(Nc3cccc(OC)c3)nc2n1. The molecule has 2 amide bonds. The molecule has 128 valence electrons. The molecule has 2 aromatic heterocycles. The molecule has 3 rings (SSSR count). The van der Waals surface area contributed by atoms with Crippen LogP contribution in [0.15, 0.2) is 42.6 Å². The third kappa shape index (κ3) is 4.11. The molecule has 2 heterocycles. The summed E-state index contributed by atoms with van der Waals surface area (Å²) in [6.45, 7) is 2.38. The Kier molecular flexibility index (Phi) is 4.89. The van der Waals surface area contributed by atoms with E-state index in [2.05, 4.69) is 30.9 Å². The standard InChI is InChI=1S/C17H18N6O2/c1-3-18-17(24)23-14-8-7-13-16(21-14)22-15(10-19-13)20-11-5-4-6-12(9-11)25-2/h4-10H,3H2,1-2H3,(H3,18,20,21,22,23,24). The Hall–Kier alpha value is -3.42. The van der Waals surface area contributed by atoms with Crippen molar-refractivity contribution in [2.24, 2.45) is 0 Å². The number of methoxy groups -OCH3 is 1. The number of carbonyl (C=O) groups is 1. The van der Waals surface area contributed by atoms with Crippen molar-refractivity contribution in [3.63, 3.8) is 0 Å². The lowest BCUT2D eigenvalue weighted by Gasteiger charge is -2.08. The zero-order valence-electron chi connectivity index (χ0n) is 13.9. The van der Waals surface area contributed by atoms with Gasteiger partial charge in [0.25, 0.3) is 0 Å². The van der Waals surface area contributed by atoms with E-state index in [0.717, 1.165) is 11.4 Å². The predicted octanol–water partition coefficient (Wildman–Crippen LogP) is 2.92. The van der Waals surface area contributed by atoms with E-state index in [1.54, 1.807) is 25.4 Å². The number of hydrogen-bond donors (Lipinski definition) is 3. The molecule has 0 atom stereocenters. The summed E-state index contributed by atoms with van der Waals surface area (Å²) < 4.78 is 5.20. The zero-order valence-corrected chi connectivity index (χ0v) is 13.9. The Morgan fingerprint density at radius 3 is 2.80 bits per heavy atom. The molecule has 1 aromatic carbocycles. The van der Waals surface area contributed by atoms with Crippen LogP contribution >= 0.6 is 0 Å². The van der Waals surface area contributed by atoms with Gasteiger partial charge in [-0.3, -0.25) is 5.32 Å². The summed E-state index contributed by atoms with van der Waals surface area (Å²) in [6, 6.07) is 10.6. The number of hydrogen-bond acceptors (Lipinski definition) is 6. The van der Waals surface area contributed by atoms with Gasteiger partial charge in [-0.15, -0.1) is 0 Å². The second kappa shape index (κ2) is 7.43. The molecule has 0 aliphatic heterocycles. The first-order valence-electron chi connectivity index (χ1n) is 7.77. The number of nitrogens with one attached hydrogen (secondary N) is 3. The largest absolute Gasteiger partial charge is 0.497 e. The fraction of sp³-hybridized carbons (Fsp3) is 0.176. The minimum atomic E-state index is -0.312. The number of benzene rings is 1. The number of anilines is 3. The Labute approximate surface area is 144 Å². The molecule has 3 N–H and O–H groups in total. The summed E-state index contributed by atoms with van der Waals surface area (Å²) in [5.41, 5.74) is 1.89. The minimum absolute atomic E-state index is 0.312. The Bertz CT molecular complexity index is 899. The van der Waals surface area contributed by atoms with E-state index in [1.807, 2.05) is 31.2 Å². The monoisotopic (exact) mass is 338 g/mol. The van der Waals surface area contributed by atoms with Gasteiger partial charge in [0, 0.05) is 18.3 Å². The van der Waals surface area contributed by atoms with E-state index < -0.39 is 0 Å². The van der Waals surface area contributed by atoms with Crippen molar-refractivity contribution < 1.29 is 9.53 Å². The molecule has 3 aromatic rings. The molecule has 0 aliphatic rings. The van der Waals surface area contributed by atoms with Crippen molar-refractivity contribution in [1.29, 1.82) is 0 Å². The zero-order chi connectivity index (χ0) is 17.6. The van der Waals surface area contributed by atoms with Gasteiger partial charge in [0.15, 0.2) is 11.5 Å². The highest BCUT2D eigenvalue weighted by Crippen LogP contribution is 2.21. The number of urea groups is 1. The van der Waals surface area contributed by atoms with E-state index in [0.29, 0.717) is 29.3 Å². The van der Waals surface area contributed by atoms with Crippen molar-refractivity contribution in [2.75, 3.05) is 24.3 Å². The maximum atomic E-state index is 11.6. The van der Waals surface area contributed by atoms with E-state index in [9.17, 15) is 4.79 Å². The first kappa shape index (κ1) is 16.4. The van der Waals surface area contributed by atoms with E-state index >= 15 is 0 Å². The van der Waals surface area contributed by atoms with Crippen LogP contribution in [0.4, 0.5) is 22.1 Å². The quantitative estimate of drug-likeness (QED) is 0.661. The van der Waals surface area contributed by atoms with Gasteiger partial charge in [-0.25, -0.2) is 19.7 Å². The van der Waals surface area contributed by atoms with Crippen LogP contribution in [0.25, 0.3) is 11.2 Å². The molecule has 25 heavy (non-hydrogen) atoms. The third-order valence-corrected chi connectivity index (χ3v) is 3.33. The number of aromatic nitrogens is 3. The highest BCUT2D eigenvalue weighted by molar-refractivity contribution is 5.89. The smallest absolute Gasteiger partial charge is 0.320 e. The second-order valence-corrected chi connectivity index (χ2v) is 5.14. The average molecular weight is 338 g/mol. The topological polar surface area (TPSA) is 101 Å². The average Bonchev–Trinajstić information content (AvgIpc) is 2.62. The maximum absolute atomic E-state index is 11.6. The van der Waals surface area contributed by atoms with Crippen molar-refractivity contribution in [3.05, 3.63) is 42.6 Å². The lowest BCUT2D eigenvalue weighted by molar-refractivity contribution is 0.252. The normalized spacial score (nSPS) is 10.3. The van der Waals surface area contributed by atoms with Crippen LogP contribution in [0, 0.1) is 0 Å². The molecule has 0 bridgehead atoms. The molecule has 0 spiro atoms. The lowest BCUT2D eigenvalue weighted by atomic mass is 10.3. The summed E-state index contributed by atoms with van der Waals surface area (Å²) in [7, 11) is 1.61. The molecule has 0 fully saturated rings. The molecule has 0 aliphatic carbocycles. The van der Waals surface area contributed by atoms with E-state index in [4.69, 9.17) is 4.74 Å². The minimum Gasteiger partial charge on any atom is -0.497 e. The molecule has 8 heteroatoms. The highest BCUT2D eigenvalue weighted by atomic mass is 16.5. The second-order valence-electron chi connectivity index (χ2n) is 5.14. The molecule has 0 radical (unpaired) electrons.